The van der Waals surface area contributed by atoms with Gasteiger partial charge in [-0.1, -0.05) is 53.2 Å². The predicted molar refractivity (Wildman–Crippen MR) is 93.8 cm³/mol. The molecule has 0 amide bonds. The van der Waals surface area contributed by atoms with Gasteiger partial charge >= 0.3 is 0 Å². The Morgan fingerprint density at radius 1 is 1.00 bits per heavy atom. The predicted octanol–water partition coefficient (Wildman–Crippen LogP) is 5.51. The van der Waals surface area contributed by atoms with Crippen molar-refractivity contribution >= 4 is 31.9 Å². The van der Waals surface area contributed by atoms with Crippen LogP contribution in [-0.4, -0.2) is 14.2 Å². The van der Waals surface area contributed by atoms with E-state index in [1.54, 1.807) is 14.2 Å². The molecule has 0 aromatic heterocycles. The van der Waals surface area contributed by atoms with Crippen molar-refractivity contribution in [2.45, 2.75) is 18.2 Å². The Balaban J connectivity index is 2.53. The van der Waals surface area contributed by atoms with Gasteiger partial charge in [0, 0.05) is 5.56 Å². The number of hydrogen-bond donors (Lipinski definition) is 0. The van der Waals surface area contributed by atoms with Gasteiger partial charge in [0.05, 0.1) is 19.0 Å². The highest BCUT2D eigenvalue weighted by atomic mass is 79.9. The van der Waals surface area contributed by atoms with Gasteiger partial charge in [-0.05, 0) is 39.5 Å². The van der Waals surface area contributed by atoms with Crippen LogP contribution < -0.4 is 9.47 Å². The second-order valence-corrected chi connectivity index (χ2v) is 6.33. The van der Waals surface area contributed by atoms with E-state index in [0.29, 0.717) is 0 Å². The molecule has 0 N–H and O–H groups in total. The van der Waals surface area contributed by atoms with Crippen LogP contribution in [-0.2, 0) is 6.42 Å². The smallest absolute Gasteiger partial charge is 0.141 e. The van der Waals surface area contributed by atoms with Crippen molar-refractivity contribution in [1.82, 2.24) is 0 Å². The molecule has 2 aromatic rings. The van der Waals surface area contributed by atoms with E-state index >= 15 is 0 Å². The Labute approximate surface area is 142 Å². The molecule has 1 unspecified atom stereocenters. The number of hydrogen-bond acceptors (Lipinski definition) is 2. The molecule has 0 aliphatic carbocycles. The normalized spacial score (nSPS) is 12.0. The molecular weight excluding hydrogens is 396 g/mol. The minimum absolute atomic E-state index is 0.0748. The molecule has 0 heterocycles. The molecule has 1 atom stereocenters. The molecule has 0 saturated heterocycles. The largest absolute Gasteiger partial charge is 0.495 e. The minimum Gasteiger partial charge on any atom is -0.495 e. The van der Waals surface area contributed by atoms with Gasteiger partial charge in [-0.2, -0.15) is 0 Å². The van der Waals surface area contributed by atoms with E-state index in [2.05, 4.69) is 63.0 Å². The topological polar surface area (TPSA) is 18.5 Å². The van der Waals surface area contributed by atoms with Gasteiger partial charge in [0.15, 0.2) is 0 Å². The summed E-state index contributed by atoms with van der Waals surface area (Å²) in [7, 11) is 3.33. The first-order valence-electron chi connectivity index (χ1n) is 6.76. The molecule has 21 heavy (non-hydrogen) atoms. The molecule has 0 saturated carbocycles. The second kappa shape index (κ2) is 7.32. The van der Waals surface area contributed by atoms with E-state index in [1.807, 2.05) is 12.1 Å². The van der Waals surface area contributed by atoms with Gasteiger partial charge in [-0.25, -0.2) is 0 Å². The zero-order chi connectivity index (χ0) is 15.4. The third kappa shape index (κ3) is 3.27. The van der Waals surface area contributed by atoms with Crippen molar-refractivity contribution < 1.29 is 9.47 Å². The highest BCUT2D eigenvalue weighted by Gasteiger charge is 2.21. The molecule has 2 rings (SSSR count). The van der Waals surface area contributed by atoms with Gasteiger partial charge in [0.25, 0.3) is 0 Å². The Bertz CT molecular complexity index is 626. The van der Waals surface area contributed by atoms with Crippen LogP contribution in [0.1, 0.15) is 28.4 Å². The summed E-state index contributed by atoms with van der Waals surface area (Å²) in [6.07, 6.45) is 0.998. The number of ether oxygens (including phenoxy) is 2. The summed E-state index contributed by atoms with van der Waals surface area (Å²) in [5, 5.41) is 0. The molecule has 112 valence electrons. The lowest BCUT2D eigenvalue weighted by Gasteiger charge is -2.19. The van der Waals surface area contributed by atoms with Crippen LogP contribution in [0.2, 0.25) is 0 Å². The lowest BCUT2D eigenvalue weighted by atomic mass is 9.97. The standard InChI is InChI=1S/C17H18Br2O2/c1-4-11-7-5-6-8-12(11)15(18)13-9-10-14(20-2)16(19)17(13)21-3/h5-10,15H,4H2,1-3H3. The van der Waals surface area contributed by atoms with E-state index in [1.165, 1.54) is 11.1 Å². The van der Waals surface area contributed by atoms with E-state index in [0.717, 1.165) is 28.0 Å². The molecule has 2 nitrogen and oxygen atoms in total. The number of rotatable bonds is 5. The Morgan fingerprint density at radius 3 is 2.33 bits per heavy atom. The third-order valence-corrected chi connectivity index (χ3v) is 5.24. The van der Waals surface area contributed by atoms with Gasteiger partial charge in [0.1, 0.15) is 16.0 Å². The SMILES string of the molecule is CCc1ccccc1C(Br)c1ccc(OC)c(Br)c1OC. The van der Waals surface area contributed by atoms with Crippen LogP contribution in [0.3, 0.4) is 0 Å². The minimum atomic E-state index is 0.0748. The monoisotopic (exact) mass is 412 g/mol. The first-order valence-corrected chi connectivity index (χ1v) is 8.47. The second-order valence-electron chi connectivity index (χ2n) is 4.62. The maximum absolute atomic E-state index is 5.58. The van der Waals surface area contributed by atoms with Gasteiger partial charge in [0.2, 0.25) is 0 Å². The Morgan fingerprint density at radius 2 is 1.71 bits per heavy atom. The fourth-order valence-corrected chi connectivity index (χ4v) is 3.88. The first-order chi connectivity index (χ1) is 10.1. The zero-order valence-electron chi connectivity index (χ0n) is 12.3. The van der Waals surface area contributed by atoms with Crippen molar-refractivity contribution in [3.05, 3.63) is 57.6 Å². The van der Waals surface area contributed by atoms with Crippen molar-refractivity contribution in [3.8, 4) is 11.5 Å². The number of benzene rings is 2. The molecule has 0 aliphatic heterocycles. The Hall–Kier alpha value is -1.00. The summed E-state index contributed by atoms with van der Waals surface area (Å²) in [5.41, 5.74) is 3.66. The van der Waals surface area contributed by atoms with Gasteiger partial charge < -0.3 is 9.47 Å². The van der Waals surface area contributed by atoms with Crippen molar-refractivity contribution in [3.63, 3.8) is 0 Å². The van der Waals surface area contributed by atoms with Gasteiger partial charge in [-0.3, -0.25) is 0 Å². The maximum atomic E-state index is 5.58. The number of halogens is 2. The fraction of sp³-hybridized carbons (Fsp3) is 0.294. The maximum Gasteiger partial charge on any atom is 0.141 e. The number of aryl methyl sites for hydroxylation is 1. The van der Waals surface area contributed by atoms with Crippen LogP contribution in [0.4, 0.5) is 0 Å². The van der Waals surface area contributed by atoms with E-state index in [-0.39, 0.29) is 4.83 Å². The van der Waals surface area contributed by atoms with Crippen molar-refractivity contribution in [2.75, 3.05) is 14.2 Å². The van der Waals surface area contributed by atoms with Crippen LogP contribution in [0, 0.1) is 0 Å². The quantitative estimate of drug-likeness (QED) is 0.601. The summed E-state index contributed by atoms with van der Waals surface area (Å²) in [5.74, 6) is 1.56. The van der Waals surface area contributed by atoms with E-state index < -0.39 is 0 Å². The summed E-state index contributed by atoms with van der Waals surface area (Å²) in [4.78, 5) is 0.0748. The zero-order valence-corrected chi connectivity index (χ0v) is 15.5. The van der Waals surface area contributed by atoms with Crippen LogP contribution >= 0.6 is 31.9 Å². The average Bonchev–Trinajstić information content (AvgIpc) is 2.53. The summed E-state index contributed by atoms with van der Waals surface area (Å²) in [6.45, 7) is 2.17. The molecular formula is C17H18Br2O2. The van der Waals surface area contributed by atoms with E-state index in [4.69, 9.17) is 9.47 Å². The molecule has 0 bridgehead atoms. The van der Waals surface area contributed by atoms with Crippen molar-refractivity contribution in [1.29, 1.82) is 0 Å². The first kappa shape index (κ1) is 16.4. The van der Waals surface area contributed by atoms with Gasteiger partial charge in [-0.15, -0.1) is 0 Å². The highest BCUT2D eigenvalue weighted by molar-refractivity contribution is 9.10. The van der Waals surface area contributed by atoms with E-state index in [9.17, 15) is 0 Å². The summed E-state index contributed by atoms with van der Waals surface area (Å²) >= 11 is 7.37. The molecule has 4 heteroatoms. The Kier molecular flexibility index (Phi) is 5.71. The highest BCUT2D eigenvalue weighted by Crippen LogP contribution is 2.44. The molecule has 2 aromatic carbocycles. The third-order valence-electron chi connectivity index (χ3n) is 3.50. The fourth-order valence-electron chi connectivity index (χ4n) is 2.39. The van der Waals surface area contributed by atoms with Crippen molar-refractivity contribution in [2.24, 2.45) is 0 Å². The lowest BCUT2D eigenvalue weighted by molar-refractivity contribution is 0.386. The van der Waals surface area contributed by atoms with Crippen LogP contribution in [0.5, 0.6) is 11.5 Å². The lowest BCUT2D eigenvalue weighted by Crippen LogP contribution is -2.02. The summed E-state index contributed by atoms with van der Waals surface area (Å²) in [6, 6.07) is 12.4. The number of methoxy groups -OCH3 is 2. The molecule has 0 aliphatic rings. The van der Waals surface area contributed by atoms with Crippen LogP contribution in [0.25, 0.3) is 0 Å². The summed E-state index contributed by atoms with van der Waals surface area (Å²) < 4.78 is 11.7. The molecule has 0 radical (unpaired) electrons. The van der Waals surface area contributed by atoms with Crippen LogP contribution in [0.15, 0.2) is 40.9 Å². The molecule has 0 spiro atoms. The molecule has 0 fully saturated rings. The average molecular weight is 414 g/mol. The number of alkyl halides is 1.